The van der Waals surface area contributed by atoms with Crippen molar-refractivity contribution in [1.82, 2.24) is 5.32 Å². The van der Waals surface area contributed by atoms with Crippen molar-refractivity contribution in [2.45, 2.75) is 39.2 Å². The molecule has 0 fully saturated rings. The van der Waals surface area contributed by atoms with E-state index in [9.17, 15) is 9.59 Å². The summed E-state index contributed by atoms with van der Waals surface area (Å²) in [5.74, 6) is -0.107. The zero-order valence-electron chi connectivity index (χ0n) is 14.3. The first-order chi connectivity index (χ1) is 12.1. The number of nitrogens with one attached hydrogen (secondary N) is 2. The van der Waals surface area contributed by atoms with Gasteiger partial charge in [0.05, 0.1) is 5.56 Å². The first kappa shape index (κ1) is 19.2. The van der Waals surface area contributed by atoms with E-state index in [0.29, 0.717) is 18.5 Å². The third-order valence-corrected chi connectivity index (χ3v) is 4.48. The average Bonchev–Trinajstić information content (AvgIpc) is 2.60. The predicted molar refractivity (Wildman–Crippen MR) is 105 cm³/mol. The van der Waals surface area contributed by atoms with Crippen LogP contribution in [0.3, 0.4) is 0 Å². The Labute approximate surface area is 157 Å². The van der Waals surface area contributed by atoms with Crippen LogP contribution in [0.1, 0.15) is 48.5 Å². The number of carbonyl (C=O) groups is 2. The van der Waals surface area contributed by atoms with Gasteiger partial charge in [-0.3, -0.25) is 9.59 Å². The first-order valence-corrected chi connectivity index (χ1v) is 9.31. The van der Waals surface area contributed by atoms with Crippen molar-refractivity contribution in [3.8, 4) is 0 Å². The van der Waals surface area contributed by atoms with Crippen molar-refractivity contribution < 1.29 is 9.59 Å². The van der Waals surface area contributed by atoms with Gasteiger partial charge in [-0.05, 0) is 52.2 Å². The number of anilines is 1. The Morgan fingerprint density at radius 1 is 1.04 bits per heavy atom. The van der Waals surface area contributed by atoms with E-state index in [1.54, 1.807) is 6.07 Å². The van der Waals surface area contributed by atoms with Crippen LogP contribution in [0, 0.1) is 0 Å². The van der Waals surface area contributed by atoms with Gasteiger partial charge in [0.1, 0.15) is 0 Å². The lowest BCUT2D eigenvalue weighted by Gasteiger charge is -2.09. The fourth-order valence-electron chi connectivity index (χ4n) is 2.44. The molecule has 0 spiro atoms. The summed E-state index contributed by atoms with van der Waals surface area (Å²) in [5.41, 5.74) is 2.30. The Balaban J connectivity index is 1.90. The van der Waals surface area contributed by atoms with Gasteiger partial charge >= 0.3 is 0 Å². The predicted octanol–water partition coefficient (Wildman–Crippen LogP) is 4.90. The number of amides is 2. The number of carbonyl (C=O) groups excluding carboxylic acids is 2. The fraction of sp³-hybridized carbons (Fsp3) is 0.300. The average molecular weight is 403 g/mol. The highest BCUT2D eigenvalue weighted by atomic mass is 79.9. The third-order valence-electron chi connectivity index (χ3n) is 3.79. The van der Waals surface area contributed by atoms with Gasteiger partial charge in [-0.2, -0.15) is 0 Å². The quantitative estimate of drug-likeness (QED) is 0.616. The van der Waals surface area contributed by atoms with Gasteiger partial charge in [0.25, 0.3) is 5.91 Å². The molecule has 2 rings (SSSR count). The minimum Gasteiger partial charge on any atom is -0.348 e. The molecular formula is C20H23BrN2O2. The molecule has 0 aliphatic rings. The molecule has 0 saturated heterocycles. The SMILES string of the molecule is CCCCCC(=O)Nc1cccc(CNC(=O)c2ccccc2Br)c1. The van der Waals surface area contributed by atoms with Crippen LogP contribution in [-0.4, -0.2) is 11.8 Å². The Kier molecular flexibility index (Phi) is 7.67. The van der Waals surface area contributed by atoms with Gasteiger partial charge in [0.15, 0.2) is 0 Å². The van der Waals surface area contributed by atoms with Crippen LogP contribution in [0.5, 0.6) is 0 Å². The molecule has 132 valence electrons. The molecule has 0 unspecified atom stereocenters. The van der Waals surface area contributed by atoms with Crippen LogP contribution < -0.4 is 10.6 Å². The first-order valence-electron chi connectivity index (χ1n) is 8.51. The van der Waals surface area contributed by atoms with Gasteiger partial charge in [0.2, 0.25) is 5.91 Å². The maximum Gasteiger partial charge on any atom is 0.252 e. The van der Waals surface area contributed by atoms with Crippen molar-refractivity contribution in [2.24, 2.45) is 0 Å². The summed E-state index contributed by atoms with van der Waals surface area (Å²) in [4.78, 5) is 24.1. The maximum atomic E-state index is 12.2. The molecule has 2 amide bonds. The highest BCUT2D eigenvalue weighted by molar-refractivity contribution is 9.10. The van der Waals surface area contributed by atoms with E-state index in [0.717, 1.165) is 35.0 Å². The molecule has 0 heterocycles. The Morgan fingerprint density at radius 2 is 1.84 bits per heavy atom. The van der Waals surface area contributed by atoms with E-state index in [2.05, 4.69) is 33.5 Å². The number of halogens is 1. The molecular weight excluding hydrogens is 380 g/mol. The summed E-state index contributed by atoms with van der Waals surface area (Å²) in [5, 5.41) is 5.81. The minimum absolute atomic E-state index is 0.0304. The van der Waals surface area contributed by atoms with E-state index in [-0.39, 0.29) is 11.8 Å². The molecule has 5 heteroatoms. The van der Waals surface area contributed by atoms with Crippen molar-refractivity contribution >= 4 is 33.4 Å². The molecule has 0 bridgehead atoms. The van der Waals surface area contributed by atoms with Gasteiger partial charge < -0.3 is 10.6 Å². The highest BCUT2D eigenvalue weighted by Crippen LogP contribution is 2.16. The van der Waals surface area contributed by atoms with Gasteiger partial charge in [0, 0.05) is 23.1 Å². The van der Waals surface area contributed by atoms with Gasteiger partial charge in [-0.1, -0.05) is 44.0 Å². The molecule has 0 atom stereocenters. The minimum atomic E-state index is -0.138. The third kappa shape index (κ3) is 6.35. The normalized spacial score (nSPS) is 10.3. The van der Waals surface area contributed by atoms with E-state index < -0.39 is 0 Å². The summed E-state index contributed by atoms with van der Waals surface area (Å²) >= 11 is 3.38. The van der Waals surface area contributed by atoms with Crippen LogP contribution in [0.2, 0.25) is 0 Å². The monoisotopic (exact) mass is 402 g/mol. The Hall–Kier alpha value is -2.14. The zero-order chi connectivity index (χ0) is 18.1. The van der Waals surface area contributed by atoms with Crippen molar-refractivity contribution in [2.75, 3.05) is 5.32 Å². The van der Waals surface area contributed by atoms with Crippen LogP contribution in [0.25, 0.3) is 0 Å². The van der Waals surface area contributed by atoms with Crippen molar-refractivity contribution in [1.29, 1.82) is 0 Å². The molecule has 4 nitrogen and oxygen atoms in total. The standard InChI is InChI=1S/C20H23BrN2O2/c1-2-3-4-12-19(24)23-16-9-7-8-15(13-16)14-22-20(25)17-10-5-6-11-18(17)21/h5-11,13H,2-4,12,14H2,1H3,(H,22,25)(H,23,24). The summed E-state index contributed by atoms with van der Waals surface area (Å²) in [6, 6.07) is 14.8. The van der Waals surface area contributed by atoms with Crippen molar-refractivity contribution in [3.05, 3.63) is 64.1 Å². The smallest absolute Gasteiger partial charge is 0.252 e. The summed E-state index contributed by atoms with van der Waals surface area (Å²) in [6.07, 6.45) is 3.61. The Morgan fingerprint density at radius 3 is 2.60 bits per heavy atom. The molecule has 2 aromatic carbocycles. The van der Waals surface area contributed by atoms with Crippen LogP contribution >= 0.6 is 15.9 Å². The highest BCUT2D eigenvalue weighted by Gasteiger charge is 2.09. The van der Waals surface area contributed by atoms with Crippen LogP contribution in [0.4, 0.5) is 5.69 Å². The topological polar surface area (TPSA) is 58.2 Å². The molecule has 0 aliphatic carbocycles. The lowest BCUT2D eigenvalue weighted by atomic mass is 10.1. The van der Waals surface area contributed by atoms with E-state index in [4.69, 9.17) is 0 Å². The number of rotatable bonds is 8. The number of unbranched alkanes of at least 4 members (excludes halogenated alkanes) is 2. The van der Waals surface area contributed by atoms with Gasteiger partial charge in [-0.15, -0.1) is 0 Å². The second-order valence-electron chi connectivity index (χ2n) is 5.87. The number of benzene rings is 2. The molecule has 0 radical (unpaired) electrons. The molecule has 0 aliphatic heterocycles. The van der Waals surface area contributed by atoms with Gasteiger partial charge in [-0.25, -0.2) is 0 Å². The second-order valence-corrected chi connectivity index (χ2v) is 6.72. The van der Waals surface area contributed by atoms with E-state index >= 15 is 0 Å². The molecule has 2 aromatic rings. The zero-order valence-corrected chi connectivity index (χ0v) is 15.9. The summed E-state index contributed by atoms with van der Waals surface area (Å²) < 4.78 is 0.764. The Bertz CT molecular complexity index is 731. The van der Waals surface area contributed by atoms with E-state index in [1.165, 1.54) is 0 Å². The number of hydrogen-bond acceptors (Lipinski definition) is 2. The summed E-state index contributed by atoms with van der Waals surface area (Å²) in [6.45, 7) is 2.52. The largest absolute Gasteiger partial charge is 0.348 e. The fourth-order valence-corrected chi connectivity index (χ4v) is 2.91. The lowest BCUT2D eigenvalue weighted by molar-refractivity contribution is -0.116. The van der Waals surface area contributed by atoms with Crippen LogP contribution in [0.15, 0.2) is 53.0 Å². The van der Waals surface area contributed by atoms with Crippen LogP contribution in [-0.2, 0) is 11.3 Å². The van der Waals surface area contributed by atoms with Crippen molar-refractivity contribution in [3.63, 3.8) is 0 Å². The number of hydrogen-bond donors (Lipinski definition) is 2. The summed E-state index contributed by atoms with van der Waals surface area (Å²) in [7, 11) is 0. The molecule has 2 N–H and O–H groups in total. The molecule has 0 saturated carbocycles. The molecule has 0 aromatic heterocycles. The maximum absolute atomic E-state index is 12.2. The van der Waals surface area contributed by atoms with E-state index in [1.807, 2.05) is 42.5 Å². The second kappa shape index (κ2) is 9.99. The lowest BCUT2D eigenvalue weighted by Crippen LogP contribution is -2.23. The molecule has 25 heavy (non-hydrogen) atoms.